The molecule has 0 aromatic carbocycles. The van der Waals surface area contributed by atoms with Crippen LogP contribution in [0.25, 0.3) is 0 Å². The third kappa shape index (κ3) is 5.09. The van der Waals surface area contributed by atoms with Gasteiger partial charge in [0.15, 0.2) is 0 Å². The van der Waals surface area contributed by atoms with E-state index in [2.05, 4.69) is 30.9 Å². The molecular weight excluding hydrogens is 294 g/mol. The lowest BCUT2D eigenvalue weighted by Crippen LogP contribution is -2.20. The van der Waals surface area contributed by atoms with Crippen molar-refractivity contribution in [3.8, 4) is 11.8 Å². The summed E-state index contributed by atoms with van der Waals surface area (Å²) in [5, 5.41) is 0. The molecule has 1 nitrogen and oxygen atoms in total. The van der Waals surface area contributed by atoms with Crippen molar-refractivity contribution in [3.05, 3.63) is 23.5 Å². The van der Waals surface area contributed by atoms with Crippen molar-refractivity contribution < 1.29 is 13.5 Å². The number of alkyl halides is 2. The van der Waals surface area contributed by atoms with E-state index >= 15 is 0 Å². The van der Waals surface area contributed by atoms with Gasteiger partial charge in [-0.05, 0) is 45.6 Å². The third-order valence-corrected chi connectivity index (χ3v) is 4.75. The number of hydrogen-bond donors (Lipinski definition) is 0. The number of allylic oxidation sites excluding steroid dienone is 3. The fourth-order valence-corrected chi connectivity index (χ4v) is 3.00. The first-order valence-corrected chi connectivity index (χ1v) is 8.63. The van der Waals surface area contributed by atoms with Gasteiger partial charge >= 0.3 is 0 Å². The van der Waals surface area contributed by atoms with Crippen molar-refractivity contribution in [2.75, 3.05) is 6.61 Å². The number of rotatable bonds is 7. The van der Waals surface area contributed by atoms with Crippen molar-refractivity contribution in [1.29, 1.82) is 0 Å². The predicted octanol–water partition coefficient (Wildman–Crippen LogP) is 5.58. The summed E-state index contributed by atoms with van der Waals surface area (Å²) in [7, 11) is 0. The molecule has 0 aliphatic heterocycles. The minimum Gasteiger partial charge on any atom is -0.497 e. The lowest BCUT2D eigenvalue weighted by molar-refractivity contribution is 0.0699. The van der Waals surface area contributed by atoms with Crippen molar-refractivity contribution >= 4 is 0 Å². The number of halogens is 2. The van der Waals surface area contributed by atoms with Gasteiger partial charge in [0.05, 0.1) is 18.3 Å². The van der Waals surface area contributed by atoms with Gasteiger partial charge in [-0.1, -0.05) is 30.9 Å². The molecule has 0 heterocycles. The Bertz CT molecular complexity index is 528. The second-order valence-electron chi connectivity index (χ2n) is 7.19. The van der Waals surface area contributed by atoms with Crippen LogP contribution in [0, 0.1) is 35.5 Å². The standard InChI is InChI=1S/C20H28F2O/c1-5-7-17(16-8-6-9-16)11-19(15(4)10-14(2)3)23-13-18-12-20(18,21)22/h10-11,15-18H,6,8-9,12-13H2,1-4H3/b19-11+. The summed E-state index contributed by atoms with van der Waals surface area (Å²) in [4.78, 5) is 0. The molecule has 0 saturated heterocycles. The highest BCUT2D eigenvalue weighted by Gasteiger charge is 2.57. The predicted molar refractivity (Wildman–Crippen MR) is 90.0 cm³/mol. The Labute approximate surface area is 139 Å². The zero-order valence-corrected chi connectivity index (χ0v) is 14.7. The van der Waals surface area contributed by atoms with Crippen LogP contribution in [-0.4, -0.2) is 12.5 Å². The van der Waals surface area contributed by atoms with Crippen molar-refractivity contribution in [2.45, 2.75) is 59.3 Å². The van der Waals surface area contributed by atoms with Gasteiger partial charge in [0.2, 0.25) is 0 Å². The molecule has 2 rings (SSSR count). The summed E-state index contributed by atoms with van der Waals surface area (Å²) in [5.74, 6) is 4.78. The highest BCUT2D eigenvalue weighted by atomic mass is 19.3. The Morgan fingerprint density at radius 1 is 1.30 bits per heavy atom. The first kappa shape index (κ1) is 18.0. The van der Waals surface area contributed by atoms with Crippen LogP contribution in [0.15, 0.2) is 23.5 Å². The Hall–Kier alpha value is -1.30. The largest absolute Gasteiger partial charge is 0.497 e. The van der Waals surface area contributed by atoms with Crippen molar-refractivity contribution in [3.63, 3.8) is 0 Å². The topological polar surface area (TPSA) is 9.23 Å². The lowest BCUT2D eigenvalue weighted by Gasteiger charge is -2.30. The second kappa shape index (κ2) is 7.51. The molecule has 3 unspecified atom stereocenters. The van der Waals surface area contributed by atoms with E-state index in [1.165, 1.54) is 24.8 Å². The second-order valence-corrected chi connectivity index (χ2v) is 7.19. The minimum absolute atomic E-state index is 0.0435. The molecule has 0 amide bonds. The molecule has 0 radical (unpaired) electrons. The maximum atomic E-state index is 13.1. The zero-order valence-electron chi connectivity index (χ0n) is 14.7. The summed E-state index contributed by atoms with van der Waals surface area (Å²) < 4.78 is 32.0. The summed E-state index contributed by atoms with van der Waals surface area (Å²) >= 11 is 0. The smallest absolute Gasteiger partial charge is 0.255 e. The average Bonchev–Trinajstić information content (AvgIpc) is 2.99. The van der Waals surface area contributed by atoms with Gasteiger partial charge in [0, 0.05) is 18.3 Å². The first-order chi connectivity index (χ1) is 10.8. The van der Waals surface area contributed by atoms with Crippen LogP contribution < -0.4 is 0 Å². The van der Waals surface area contributed by atoms with Gasteiger partial charge in [-0.3, -0.25) is 0 Å². The Morgan fingerprint density at radius 2 is 1.96 bits per heavy atom. The van der Waals surface area contributed by atoms with E-state index < -0.39 is 11.8 Å². The molecule has 0 aromatic heterocycles. The molecule has 0 bridgehead atoms. The Kier molecular flexibility index (Phi) is 5.89. The van der Waals surface area contributed by atoms with E-state index in [4.69, 9.17) is 4.74 Å². The molecule has 2 aliphatic rings. The molecule has 0 spiro atoms. The average molecular weight is 322 g/mol. The summed E-state index contributed by atoms with van der Waals surface area (Å²) in [5.41, 5.74) is 1.20. The van der Waals surface area contributed by atoms with Gasteiger partial charge in [-0.15, -0.1) is 5.92 Å². The van der Waals surface area contributed by atoms with E-state index in [9.17, 15) is 8.78 Å². The van der Waals surface area contributed by atoms with Crippen LogP contribution in [0.1, 0.15) is 53.4 Å². The van der Waals surface area contributed by atoms with E-state index in [-0.39, 0.29) is 24.9 Å². The molecule has 2 saturated carbocycles. The van der Waals surface area contributed by atoms with Crippen LogP contribution in [0.3, 0.4) is 0 Å². The first-order valence-electron chi connectivity index (χ1n) is 8.63. The zero-order chi connectivity index (χ0) is 17.0. The van der Waals surface area contributed by atoms with Gasteiger partial charge < -0.3 is 4.74 Å². The normalized spacial score (nSPS) is 25.5. The molecular formula is C20H28F2O. The van der Waals surface area contributed by atoms with E-state index in [0.29, 0.717) is 5.92 Å². The van der Waals surface area contributed by atoms with Gasteiger partial charge in [0.1, 0.15) is 0 Å². The quantitative estimate of drug-likeness (QED) is 0.337. The monoisotopic (exact) mass is 322 g/mol. The van der Waals surface area contributed by atoms with Gasteiger partial charge in [0.25, 0.3) is 5.92 Å². The summed E-state index contributed by atoms with van der Waals surface area (Å²) in [6.45, 7) is 8.10. The molecule has 2 fully saturated rings. The molecule has 23 heavy (non-hydrogen) atoms. The van der Waals surface area contributed by atoms with Crippen LogP contribution in [0.5, 0.6) is 0 Å². The fraction of sp³-hybridized carbons (Fsp3) is 0.700. The maximum absolute atomic E-state index is 13.1. The SMILES string of the molecule is CC#CC(/C=C(/OCC1CC1(F)F)C(C)C=C(C)C)C1CCC1. The van der Waals surface area contributed by atoms with Crippen LogP contribution in [0.2, 0.25) is 0 Å². The number of hydrogen-bond acceptors (Lipinski definition) is 1. The number of ether oxygens (including phenoxy) is 1. The molecule has 3 heteroatoms. The van der Waals surface area contributed by atoms with Gasteiger partial charge in [-0.2, -0.15) is 0 Å². The lowest BCUT2D eigenvalue weighted by atomic mass is 9.75. The third-order valence-electron chi connectivity index (χ3n) is 4.75. The molecule has 3 atom stereocenters. The minimum atomic E-state index is -2.53. The van der Waals surface area contributed by atoms with Crippen molar-refractivity contribution in [2.24, 2.45) is 23.7 Å². The van der Waals surface area contributed by atoms with Crippen molar-refractivity contribution in [1.82, 2.24) is 0 Å². The highest BCUT2D eigenvalue weighted by molar-refractivity contribution is 5.19. The van der Waals surface area contributed by atoms with E-state index in [1.54, 1.807) is 0 Å². The van der Waals surface area contributed by atoms with E-state index in [1.807, 2.05) is 20.8 Å². The highest BCUT2D eigenvalue weighted by Crippen LogP contribution is 2.49. The Balaban J connectivity index is 2.10. The molecule has 0 N–H and O–H groups in total. The fourth-order valence-electron chi connectivity index (χ4n) is 3.00. The summed E-state index contributed by atoms with van der Waals surface area (Å²) in [6, 6.07) is 0. The summed E-state index contributed by atoms with van der Waals surface area (Å²) in [6.07, 6.45) is 7.81. The maximum Gasteiger partial charge on any atom is 0.255 e. The van der Waals surface area contributed by atoms with Gasteiger partial charge in [-0.25, -0.2) is 8.78 Å². The van der Waals surface area contributed by atoms with Crippen LogP contribution in [-0.2, 0) is 4.74 Å². The molecule has 2 aliphatic carbocycles. The van der Waals surface area contributed by atoms with Crippen LogP contribution in [0.4, 0.5) is 8.78 Å². The molecule has 128 valence electrons. The Morgan fingerprint density at radius 3 is 2.39 bits per heavy atom. The molecule has 0 aromatic rings. The van der Waals surface area contributed by atoms with E-state index in [0.717, 1.165) is 5.76 Å². The van der Waals surface area contributed by atoms with Crippen LogP contribution >= 0.6 is 0 Å².